The Hall–Kier alpha value is -4.25. The number of nitrogens with one attached hydrogen (secondary N) is 2. The number of pyridine rings is 2. The summed E-state index contributed by atoms with van der Waals surface area (Å²) in [6.07, 6.45) is -1.35. The monoisotopic (exact) mass is 542 g/mol. The lowest BCUT2D eigenvalue weighted by Gasteiger charge is -2.19. The van der Waals surface area contributed by atoms with Crippen LogP contribution in [-0.4, -0.2) is 25.7 Å². The maximum Gasteiger partial charge on any atom is 0.433 e. The van der Waals surface area contributed by atoms with E-state index in [1.165, 1.54) is 25.4 Å². The second kappa shape index (κ2) is 11.0. The number of carbonyl (C=O) groups is 1. The van der Waals surface area contributed by atoms with Gasteiger partial charge in [-0.05, 0) is 53.9 Å². The van der Waals surface area contributed by atoms with Gasteiger partial charge in [-0.3, -0.25) is 25.4 Å². The molecule has 0 fully saturated rings. The number of carbonyl (C=O) groups excluding carboxylic acids is 1. The van der Waals surface area contributed by atoms with E-state index >= 15 is 0 Å². The standard InChI is InChI=1S/C26H22ClF3N6O2/c1-3-21(37)33-34-24-22(16-4-7-19(27)8-5-16)23(17-10-12-31-13-11-17)25(38)36(35-24)14-18-6-9-20(26(28,29)30)32-15(18)2/h4-13H,3,14H2,1-2H3,(H,33,37)(H,34,35). The van der Waals surface area contributed by atoms with Gasteiger partial charge in [-0.2, -0.15) is 13.2 Å². The highest BCUT2D eigenvalue weighted by atomic mass is 35.5. The quantitative estimate of drug-likeness (QED) is 0.309. The minimum absolute atomic E-state index is 0.106. The Morgan fingerprint density at radius 1 is 1.00 bits per heavy atom. The van der Waals surface area contributed by atoms with Gasteiger partial charge in [0, 0.05) is 35.1 Å². The number of nitrogens with zero attached hydrogens (tertiary/aromatic N) is 4. The normalized spacial score (nSPS) is 11.3. The largest absolute Gasteiger partial charge is 0.433 e. The first-order valence-electron chi connectivity index (χ1n) is 11.5. The highest BCUT2D eigenvalue weighted by molar-refractivity contribution is 6.30. The average Bonchev–Trinajstić information content (AvgIpc) is 2.90. The average molecular weight is 543 g/mol. The van der Waals surface area contributed by atoms with Gasteiger partial charge in [0.05, 0.1) is 12.1 Å². The van der Waals surface area contributed by atoms with Crippen LogP contribution in [0.15, 0.2) is 65.7 Å². The molecular formula is C26H22ClF3N6O2. The molecule has 4 rings (SSSR count). The van der Waals surface area contributed by atoms with Crippen LogP contribution in [0.3, 0.4) is 0 Å². The maximum atomic E-state index is 13.9. The minimum Gasteiger partial charge on any atom is -0.280 e. The summed E-state index contributed by atoms with van der Waals surface area (Å²) >= 11 is 6.08. The SMILES string of the molecule is CCC(=O)NNc1nn(Cc2ccc(C(F)(F)F)nc2C)c(=O)c(-c2ccncc2)c1-c1ccc(Cl)cc1. The van der Waals surface area contributed by atoms with Crippen molar-refractivity contribution in [2.45, 2.75) is 33.0 Å². The van der Waals surface area contributed by atoms with Gasteiger partial charge in [0.1, 0.15) is 5.69 Å². The van der Waals surface area contributed by atoms with Crippen molar-refractivity contribution < 1.29 is 18.0 Å². The number of hydrazine groups is 1. The van der Waals surface area contributed by atoms with E-state index in [-0.39, 0.29) is 35.9 Å². The Morgan fingerprint density at radius 2 is 1.66 bits per heavy atom. The summed E-state index contributed by atoms with van der Waals surface area (Å²) in [4.78, 5) is 33.6. The van der Waals surface area contributed by atoms with E-state index in [2.05, 4.69) is 25.9 Å². The van der Waals surface area contributed by atoms with Crippen molar-refractivity contribution in [3.05, 3.63) is 93.3 Å². The predicted octanol–water partition coefficient (Wildman–Crippen LogP) is 5.25. The Bertz CT molecular complexity index is 1520. The summed E-state index contributed by atoms with van der Waals surface area (Å²) in [7, 11) is 0. The van der Waals surface area contributed by atoms with Crippen molar-refractivity contribution in [2.24, 2.45) is 0 Å². The van der Waals surface area contributed by atoms with E-state index in [1.54, 1.807) is 43.3 Å². The van der Waals surface area contributed by atoms with Crippen LogP contribution in [0.5, 0.6) is 0 Å². The second-order valence-electron chi connectivity index (χ2n) is 8.27. The molecule has 0 saturated carbocycles. The fourth-order valence-corrected chi connectivity index (χ4v) is 3.87. The molecule has 3 aromatic heterocycles. The van der Waals surface area contributed by atoms with Crippen LogP contribution in [0.25, 0.3) is 22.3 Å². The molecule has 0 aliphatic heterocycles. The van der Waals surface area contributed by atoms with Gasteiger partial charge in [-0.25, -0.2) is 9.67 Å². The molecule has 1 aromatic carbocycles. The van der Waals surface area contributed by atoms with E-state index in [9.17, 15) is 22.8 Å². The molecule has 0 aliphatic carbocycles. The van der Waals surface area contributed by atoms with Crippen molar-refractivity contribution >= 4 is 23.3 Å². The third-order valence-electron chi connectivity index (χ3n) is 5.70. The van der Waals surface area contributed by atoms with Crippen LogP contribution in [0.1, 0.15) is 30.3 Å². The van der Waals surface area contributed by atoms with Gasteiger partial charge < -0.3 is 0 Å². The molecule has 3 heterocycles. The molecule has 0 atom stereocenters. The Balaban J connectivity index is 1.93. The number of alkyl halides is 3. The van der Waals surface area contributed by atoms with Crippen molar-refractivity contribution in [1.29, 1.82) is 0 Å². The van der Waals surface area contributed by atoms with Gasteiger partial charge in [-0.15, -0.1) is 5.10 Å². The number of aromatic nitrogens is 4. The zero-order chi connectivity index (χ0) is 27.4. The summed E-state index contributed by atoms with van der Waals surface area (Å²) in [6.45, 7) is 2.95. The molecule has 0 saturated heterocycles. The minimum atomic E-state index is -4.60. The van der Waals surface area contributed by atoms with Crippen molar-refractivity contribution in [3.8, 4) is 22.3 Å². The van der Waals surface area contributed by atoms with E-state index in [0.717, 1.165) is 10.7 Å². The first kappa shape index (κ1) is 26.8. The van der Waals surface area contributed by atoms with Gasteiger partial charge in [-0.1, -0.05) is 36.7 Å². The third kappa shape index (κ3) is 5.83. The van der Waals surface area contributed by atoms with E-state index < -0.39 is 17.4 Å². The number of benzene rings is 1. The number of rotatable bonds is 7. The number of hydrogen-bond acceptors (Lipinski definition) is 6. The van der Waals surface area contributed by atoms with Crippen LogP contribution >= 0.6 is 11.6 Å². The molecule has 2 N–H and O–H groups in total. The zero-order valence-electron chi connectivity index (χ0n) is 20.3. The van der Waals surface area contributed by atoms with E-state index in [0.29, 0.717) is 27.3 Å². The molecule has 4 aromatic rings. The first-order valence-corrected chi connectivity index (χ1v) is 11.9. The van der Waals surface area contributed by atoms with Crippen LogP contribution < -0.4 is 16.4 Å². The zero-order valence-corrected chi connectivity index (χ0v) is 21.1. The Morgan fingerprint density at radius 3 is 2.26 bits per heavy atom. The number of anilines is 1. The second-order valence-corrected chi connectivity index (χ2v) is 8.71. The van der Waals surface area contributed by atoms with E-state index in [1.807, 2.05) is 0 Å². The molecule has 0 unspecified atom stereocenters. The molecule has 0 radical (unpaired) electrons. The van der Waals surface area contributed by atoms with Crippen molar-refractivity contribution in [2.75, 3.05) is 5.43 Å². The highest BCUT2D eigenvalue weighted by Gasteiger charge is 2.32. The van der Waals surface area contributed by atoms with Crippen molar-refractivity contribution in [3.63, 3.8) is 0 Å². The maximum absolute atomic E-state index is 13.9. The third-order valence-corrected chi connectivity index (χ3v) is 5.96. The molecule has 0 spiro atoms. The van der Waals surface area contributed by atoms with Gasteiger partial charge >= 0.3 is 6.18 Å². The molecule has 1 amide bonds. The molecular weight excluding hydrogens is 521 g/mol. The van der Waals surface area contributed by atoms with Gasteiger partial charge in [0.15, 0.2) is 5.82 Å². The fourth-order valence-electron chi connectivity index (χ4n) is 3.74. The summed E-state index contributed by atoms with van der Waals surface area (Å²) in [5.41, 5.74) is 6.06. The van der Waals surface area contributed by atoms with Gasteiger partial charge in [0.2, 0.25) is 5.91 Å². The first-order chi connectivity index (χ1) is 18.1. The van der Waals surface area contributed by atoms with Crippen LogP contribution in [0.2, 0.25) is 5.02 Å². The fraction of sp³-hybridized carbons (Fsp3) is 0.192. The Labute approximate surface area is 220 Å². The molecule has 196 valence electrons. The molecule has 0 aliphatic rings. The number of aryl methyl sites for hydroxylation is 1. The van der Waals surface area contributed by atoms with Gasteiger partial charge in [0.25, 0.3) is 5.56 Å². The number of amides is 1. The summed E-state index contributed by atoms with van der Waals surface area (Å²) < 4.78 is 40.4. The molecule has 38 heavy (non-hydrogen) atoms. The molecule has 0 bridgehead atoms. The summed E-state index contributed by atoms with van der Waals surface area (Å²) in [5, 5.41) is 4.94. The lowest BCUT2D eigenvalue weighted by Crippen LogP contribution is -2.33. The smallest absolute Gasteiger partial charge is 0.280 e. The highest BCUT2D eigenvalue weighted by Crippen LogP contribution is 2.35. The predicted molar refractivity (Wildman–Crippen MR) is 137 cm³/mol. The van der Waals surface area contributed by atoms with Crippen LogP contribution in [-0.2, 0) is 17.5 Å². The molecule has 8 nitrogen and oxygen atoms in total. The topological polar surface area (TPSA) is 102 Å². The van der Waals surface area contributed by atoms with E-state index in [4.69, 9.17) is 11.6 Å². The summed E-state index contributed by atoms with van der Waals surface area (Å²) in [6, 6.07) is 12.2. The number of hydrogen-bond donors (Lipinski definition) is 2. The van der Waals surface area contributed by atoms with Crippen LogP contribution in [0, 0.1) is 6.92 Å². The lowest BCUT2D eigenvalue weighted by molar-refractivity contribution is -0.141. The Kier molecular flexibility index (Phi) is 7.77. The van der Waals surface area contributed by atoms with Crippen molar-refractivity contribution in [1.82, 2.24) is 25.2 Å². The summed E-state index contributed by atoms with van der Waals surface area (Å²) in [5.74, 6) is -0.169. The number of halogens is 4. The molecule has 12 heteroatoms. The van der Waals surface area contributed by atoms with Crippen LogP contribution in [0.4, 0.5) is 19.0 Å². The lowest BCUT2D eigenvalue weighted by atomic mass is 9.97.